The van der Waals surface area contributed by atoms with E-state index in [0.717, 1.165) is 10.9 Å². The van der Waals surface area contributed by atoms with Gasteiger partial charge in [-0.25, -0.2) is 8.42 Å². The van der Waals surface area contributed by atoms with Crippen LogP contribution in [0.25, 0.3) is 0 Å². The largest absolute Gasteiger partial charge is 0.480 e. The molecule has 19 heavy (non-hydrogen) atoms. The van der Waals surface area contributed by atoms with Gasteiger partial charge in [-0.3, -0.25) is 9.48 Å². The molecule has 2 rings (SSSR count). The monoisotopic (exact) mass is 289 g/mol. The maximum Gasteiger partial charge on any atom is 0.325 e. The predicted octanol–water partition coefficient (Wildman–Crippen LogP) is -0.887. The number of carboxylic acids is 1. The molecule has 0 spiro atoms. The summed E-state index contributed by atoms with van der Waals surface area (Å²) in [6.07, 6.45) is 3.65. The van der Waals surface area contributed by atoms with E-state index in [0.29, 0.717) is 19.4 Å². The Morgan fingerprint density at radius 2 is 2.26 bits per heavy atom. The second-order valence-electron chi connectivity index (χ2n) is 4.36. The molecular weight excluding hydrogens is 274 g/mol. The first-order chi connectivity index (χ1) is 8.95. The van der Waals surface area contributed by atoms with Crippen LogP contribution in [0.5, 0.6) is 0 Å². The van der Waals surface area contributed by atoms with Crippen LogP contribution in [0.2, 0.25) is 0 Å². The van der Waals surface area contributed by atoms with E-state index in [1.165, 1.54) is 10.5 Å². The Morgan fingerprint density at radius 1 is 1.53 bits per heavy atom. The molecule has 1 aromatic rings. The third-order valence-corrected chi connectivity index (χ3v) is 4.95. The molecule has 0 bridgehead atoms. The van der Waals surface area contributed by atoms with Crippen molar-refractivity contribution < 1.29 is 23.4 Å². The van der Waals surface area contributed by atoms with E-state index >= 15 is 0 Å². The Labute approximate surface area is 110 Å². The first-order valence-electron chi connectivity index (χ1n) is 5.82. The molecule has 1 saturated heterocycles. The Morgan fingerprint density at radius 3 is 2.89 bits per heavy atom. The van der Waals surface area contributed by atoms with Gasteiger partial charge >= 0.3 is 5.97 Å². The third kappa shape index (κ3) is 2.77. The van der Waals surface area contributed by atoms with Gasteiger partial charge in [0.2, 0.25) is 10.0 Å². The standard InChI is InChI=1S/C10H15N3O5S/c14-7-8-2-1-3-13(8)19(17,18)9-4-11-12(5-9)6-10(15)16/h4-5,8,14H,1-3,6-7H2,(H,15,16). The van der Waals surface area contributed by atoms with Crippen LogP contribution in [0.3, 0.4) is 0 Å². The lowest BCUT2D eigenvalue weighted by Gasteiger charge is -2.21. The molecule has 0 radical (unpaired) electrons. The Bertz CT molecular complexity index is 567. The van der Waals surface area contributed by atoms with E-state index in [4.69, 9.17) is 10.2 Å². The maximum absolute atomic E-state index is 12.3. The predicted molar refractivity (Wildman–Crippen MR) is 63.9 cm³/mol. The highest BCUT2D eigenvalue weighted by atomic mass is 32.2. The molecule has 1 unspecified atom stereocenters. The number of hydrogen-bond donors (Lipinski definition) is 2. The average Bonchev–Trinajstić information content (AvgIpc) is 2.95. The number of sulfonamides is 1. The number of nitrogens with zero attached hydrogens (tertiary/aromatic N) is 3. The zero-order chi connectivity index (χ0) is 14.0. The van der Waals surface area contributed by atoms with E-state index in [1.54, 1.807) is 0 Å². The highest BCUT2D eigenvalue weighted by molar-refractivity contribution is 7.89. The lowest BCUT2D eigenvalue weighted by molar-refractivity contribution is -0.137. The van der Waals surface area contributed by atoms with Gasteiger partial charge in [-0.2, -0.15) is 9.40 Å². The molecule has 0 aromatic carbocycles. The number of rotatable bonds is 5. The second kappa shape index (κ2) is 5.27. The van der Waals surface area contributed by atoms with Crippen molar-refractivity contribution in [3.05, 3.63) is 12.4 Å². The van der Waals surface area contributed by atoms with E-state index in [9.17, 15) is 13.2 Å². The van der Waals surface area contributed by atoms with Crippen molar-refractivity contribution >= 4 is 16.0 Å². The molecule has 9 heteroatoms. The van der Waals surface area contributed by atoms with E-state index < -0.39 is 22.0 Å². The quantitative estimate of drug-likeness (QED) is 0.727. The lowest BCUT2D eigenvalue weighted by Crippen LogP contribution is -2.37. The summed E-state index contributed by atoms with van der Waals surface area (Å²) in [5.74, 6) is -1.10. The van der Waals surface area contributed by atoms with E-state index in [-0.39, 0.29) is 18.0 Å². The second-order valence-corrected chi connectivity index (χ2v) is 6.25. The molecule has 0 amide bonds. The molecular formula is C10H15N3O5S. The normalized spacial score (nSPS) is 20.8. The summed E-state index contributed by atoms with van der Waals surface area (Å²) >= 11 is 0. The maximum atomic E-state index is 12.3. The van der Waals surface area contributed by atoms with Gasteiger partial charge < -0.3 is 10.2 Å². The molecule has 1 aliphatic heterocycles. The highest BCUT2D eigenvalue weighted by Crippen LogP contribution is 2.25. The SMILES string of the molecule is O=C(O)Cn1cc(S(=O)(=O)N2CCCC2CO)cn1. The number of aromatic nitrogens is 2. The molecule has 2 heterocycles. The van der Waals surface area contributed by atoms with Gasteiger partial charge in [0.15, 0.2) is 0 Å². The van der Waals surface area contributed by atoms with E-state index in [2.05, 4.69) is 5.10 Å². The summed E-state index contributed by atoms with van der Waals surface area (Å²) in [5, 5.41) is 21.5. The van der Waals surface area contributed by atoms with Gasteiger partial charge in [0.05, 0.1) is 12.8 Å². The van der Waals surface area contributed by atoms with Crippen LogP contribution < -0.4 is 0 Å². The van der Waals surface area contributed by atoms with Crippen LogP contribution in [0.4, 0.5) is 0 Å². The minimum atomic E-state index is -3.72. The summed E-state index contributed by atoms with van der Waals surface area (Å²) < 4.78 is 26.9. The topological polar surface area (TPSA) is 113 Å². The summed E-state index contributed by atoms with van der Waals surface area (Å²) in [6.45, 7) is -0.251. The van der Waals surface area contributed by atoms with Gasteiger partial charge in [-0.1, -0.05) is 0 Å². The van der Waals surface area contributed by atoms with Crippen molar-refractivity contribution in [2.45, 2.75) is 30.3 Å². The fourth-order valence-electron chi connectivity index (χ4n) is 2.15. The summed E-state index contributed by atoms with van der Waals surface area (Å²) in [4.78, 5) is 10.5. The summed E-state index contributed by atoms with van der Waals surface area (Å²) in [6, 6.07) is -0.409. The molecule has 1 aliphatic rings. The smallest absolute Gasteiger partial charge is 0.325 e. The van der Waals surface area contributed by atoms with Gasteiger partial charge in [0, 0.05) is 18.8 Å². The zero-order valence-electron chi connectivity index (χ0n) is 10.1. The fraction of sp³-hybridized carbons (Fsp3) is 0.600. The van der Waals surface area contributed by atoms with Crippen molar-refractivity contribution in [3.63, 3.8) is 0 Å². The molecule has 1 aromatic heterocycles. The Hall–Kier alpha value is -1.45. The molecule has 2 N–H and O–H groups in total. The molecule has 8 nitrogen and oxygen atoms in total. The number of hydrogen-bond acceptors (Lipinski definition) is 5. The van der Waals surface area contributed by atoms with Crippen molar-refractivity contribution in [3.8, 4) is 0 Å². The van der Waals surface area contributed by atoms with Crippen molar-refractivity contribution in [1.82, 2.24) is 14.1 Å². The van der Waals surface area contributed by atoms with Crippen molar-refractivity contribution in [2.24, 2.45) is 0 Å². The number of carboxylic acid groups (broad SMARTS) is 1. The minimum Gasteiger partial charge on any atom is -0.480 e. The molecule has 106 valence electrons. The summed E-state index contributed by atoms with van der Waals surface area (Å²) in [7, 11) is -3.72. The van der Waals surface area contributed by atoms with Gasteiger partial charge in [0.1, 0.15) is 11.4 Å². The van der Waals surface area contributed by atoms with Crippen LogP contribution in [-0.2, 0) is 21.4 Å². The zero-order valence-corrected chi connectivity index (χ0v) is 11.0. The van der Waals surface area contributed by atoms with Crippen LogP contribution in [-0.4, -0.2) is 57.9 Å². The third-order valence-electron chi connectivity index (χ3n) is 3.05. The Balaban J connectivity index is 2.24. The molecule has 1 atom stereocenters. The highest BCUT2D eigenvalue weighted by Gasteiger charge is 2.35. The number of carbonyl (C=O) groups is 1. The van der Waals surface area contributed by atoms with Crippen molar-refractivity contribution in [1.29, 1.82) is 0 Å². The van der Waals surface area contributed by atoms with Gasteiger partial charge in [-0.05, 0) is 12.8 Å². The first kappa shape index (κ1) is 14.0. The van der Waals surface area contributed by atoms with Crippen LogP contribution in [0.1, 0.15) is 12.8 Å². The fourth-order valence-corrected chi connectivity index (χ4v) is 3.79. The average molecular weight is 289 g/mol. The Kier molecular flexibility index (Phi) is 3.88. The van der Waals surface area contributed by atoms with Crippen molar-refractivity contribution in [2.75, 3.05) is 13.2 Å². The molecule has 0 aliphatic carbocycles. The molecule has 0 saturated carbocycles. The first-order valence-corrected chi connectivity index (χ1v) is 7.26. The number of aliphatic carboxylic acids is 1. The molecule has 1 fully saturated rings. The summed E-state index contributed by atoms with van der Waals surface area (Å²) in [5.41, 5.74) is 0. The number of aliphatic hydroxyl groups excluding tert-OH is 1. The van der Waals surface area contributed by atoms with Gasteiger partial charge in [-0.15, -0.1) is 0 Å². The van der Waals surface area contributed by atoms with E-state index in [1.807, 2.05) is 0 Å². The van der Waals surface area contributed by atoms with Crippen LogP contribution in [0, 0.1) is 0 Å². The van der Waals surface area contributed by atoms with Crippen LogP contribution >= 0.6 is 0 Å². The van der Waals surface area contributed by atoms with Gasteiger partial charge in [0.25, 0.3) is 0 Å². The van der Waals surface area contributed by atoms with Crippen LogP contribution in [0.15, 0.2) is 17.3 Å². The minimum absolute atomic E-state index is 0.0471. The lowest BCUT2D eigenvalue weighted by atomic mass is 10.2. The number of aliphatic hydroxyl groups is 1.